The lowest BCUT2D eigenvalue weighted by Gasteiger charge is -2.24. The van der Waals surface area contributed by atoms with Crippen LogP contribution in [-0.2, 0) is 13.1 Å². The van der Waals surface area contributed by atoms with Gasteiger partial charge in [-0.25, -0.2) is 0 Å². The molecule has 0 saturated carbocycles. The fraction of sp³-hybridized carbons (Fsp3) is 0.647. The summed E-state index contributed by atoms with van der Waals surface area (Å²) in [5, 5.41) is 3.39. The van der Waals surface area contributed by atoms with E-state index >= 15 is 0 Å². The molecule has 114 valence electrons. The minimum absolute atomic E-state index is 0.968. The van der Waals surface area contributed by atoms with Crippen LogP contribution in [0.5, 0.6) is 0 Å². The molecule has 0 bridgehead atoms. The molecule has 0 saturated heterocycles. The monoisotopic (exact) mass is 277 g/mol. The lowest BCUT2D eigenvalue weighted by atomic mass is 10.1. The Morgan fingerprint density at radius 2 is 1.75 bits per heavy atom. The van der Waals surface area contributed by atoms with E-state index in [1.807, 2.05) is 0 Å². The average Bonchev–Trinajstić information content (AvgIpc) is 2.43. The number of benzene rings is 1. The molecule has 3 heteroatoms. The van der Waals surface area contributed by atoms with E-state index in [1.165, 1.54) is 24.1 Å². The lowest BCUT2D eigenvalue weighted by Crippen LogP contribution is -2.32. The maximum Gasteiger partial charge on any atom is 0.0234 e. The van der Waals surface area contributed by atoms with E-state index in [0.29, 0.717) is 0 Å². The maximum absolute atomic E-state index is 3.39. The highest BCUT2D eigenvalue weighted by molar-refractivity contribution is 5.23. The van der Waals surface area contributed by atoms with Crippen molar-refractivity contribution in [1.82, 2.24) is 15.1 Å². The molecule has 0 heterocycles. The molecular weight excluding hydrogens is 246 g/mol. The SMILES string of the molecule is CCCN(CCN(C)C)Cc1cccc(CNCC)c1. The van der Waals surface area contributed by atoms with Crippen molar-refractivity contribution in [2.24, 2.45) is 0 Å². The third-order valence-electron chi connectivity index (χ3n) is 3.38. The molecule has 0 fully saturated rings. The van der Waals surface area contributed by atoms with E-state index in [-0.39, 0.29) is 0 Å². The summed E-state index contributed by atoms with van der Waals surface area (Å²) in [5.74, 6) is 0. The molecule has 0 atom stereocenters. The number of nitrogens with zero attached hydrogens (tertiary/aromatic N) is 2. The van der Waals surface area contributed by atoms with Crippen LogP contribution in [0.1, 0.15) is 31.4 Å². The predicted octanol–water partition coefficient (Wildman–Crippen LogP) is 2.57. The van der Waals surface area contributed by atoms with Gasteiger partial charge < -0.3 is 10.2 Å². The van der Waals surface area contributed by atoms with E-state index in [1.54, 1.807) is 0 Å². The van der Waals surface area contributed by atoms with Gasteiger partial charge in [0.05, 0.1) is 0 Å². The van der Waals surface area contributed by atoms with Gasteiger partial charge >= 0.3 is 0 Å². The van der Waals surface area contributed by atoms with Crippen molar-refractivity contribution in [2.45, 2.75) is 33.4 Å². The standard InChI is InChI=1S/C17H31N3/c1-5-10-20(12-11-19(3)4)15-17-9-7-8-16(13-17)14-18-6-2/h7-9,13,18H,5-6,10-12,14-15H2,1-4H3. The topological polar surface area (TPSA) is 18.5 Å². The molecule has 0 aliphatic rings. The van der Waals surface area contributed by atoms with E-state index in [0.717, 1.165) is 32.7 Å². The fourth-order valence-electron chi connectivity index (χ4n) is 2.29. The minimum atomic E-state index is 0.968. The number of nitrogens with one attached hydrogen (secondary N) is 1. The van der Waals surface area contributed by atoms with Crippen molar-refractivity contribution >= 4 is 0 Å². The first-order chi connectivity index (χ1) is 9.65. The third kappa shape index (κ3) is 7.04. The van der Waals surface area contributed by atoms with Gasteiger partial charge in [0.15, 0.2) is 0 Å². The van der Waals surface area contributed by atoms with E-state index in [4.69, 9.17) is 0 Å². The third-order valence-corrected chi connectivity index (χ3v) is 3.38. The Kier molecular flexibility index (Phi) is 8.51. The Morgan fingerprint density at radius 1 is 1.00 bits per heavy atom. The van der Waals surface area contributed by atoms with E-state index in [9.17, 15) is 0 Å². The number of rotatable bonds is 10. The molecule has 1 aromatic carbocycles. The van der Waals surface area contributed by atoms with Crippen LogP contribution in [0.3, 0.4) is 0 Å². The van der Waals surface area contributed by atoms with Crippen molar-refractivity contribution in [2.75, 3.05) is 40.3 Å². The summed E-state index contributed by atoms with van der Waals surface area (Å²) in [6.07, 6.45) is 1.21. The Hall–Kier alpha value is -0.900. The molecule has 0 aliphatic carbocycles. The van der Waals surface area contributed by atoms with Crippen LogP contribution in [0.15, 0.2) is 24.3 Å². The summed E-state index contributed by atoms with van der Waals surface area (Å²) in [5.41, 5.74) is 2.81. The molecule has 0 radical (unpaired) electrons. The summed E-state index contributed by atoms with van der Waals surface area (Å²) < 4.78 is 0. The summed E-state index contributed by atoms with van der Waals surface area (Å²) in [4.78, 5) is 4.80. The Labute approximate surface area is 125 Å². The van der Waals surface area contributed by atoms with Gasteiger partial charge in [-0.1, -0.05) is 38.1 Å². The Bertz CT molecular complexity index is 363. The largest absolute Gasteiger partial charge is 0.313 e. The fourth-order valence-corrected chi connectivity index (χ4v) is 2.29. The summed E-state index contributed by atoms with van der Waals surface area (Å²) in [7, 11) is 4.28. The van der Waals surface area contributed by atoms with E-state index in [2.05, 4.69) is 67.3 Å². The van der Waals surface area contributed by atoms with Crippen molar-refractivity contribution in [3.8, 4) is 0 Å². The molecule has 1 rings (SSSR count). The van der Waals surface area contributed by atoms with Crippen molar-refractivity contribution in [3.05, 3.63) is 35.4 Å². The van der Waals surface area contributed by atoms with E-state index < -0.39 is 0 Å². The number of hydrogen-bond acceptors (Lipinski definition) is 3. The van der Waals surface area contributed by atoms with Crippen LogP contribution in [0.4, 0.5) is 0 Å². The normalized spacial score (nSPS) is 11.5. The van der Waals surface area contributed by atoms with Crippen molar-refractivity contribution in [3.63, 3.8) is 0 Å². The first kappa shape index (κ1) is 17.2. The second-order valence-corrected chi connectivity index (χ2v) is 5.68. The van der Waals surface area contributed by atoms with Gasteiger partial charge in [0.2, 0.25) is 0 Å². The van der Waals surface area contributed by atoms with Gasteiger partial charge in [-0.2, -0.15) is 0 Å². The smallest absolute Gasteiger partial charge is 0.0234 e. The van der Waals surface area contributed by atoms with Crippen molar-refractivity contribution < 1.29 is 0 Å². The molecule has 0 unspecified atom stereocenters. The molecule has 0 spiro atoms. The quantitative estimate of drug-likeness (QED) is 0.709. The molecule has 20 heavy (non-hydrogen) atoms. The van der Waals surface area contributed by atoms with Gasteiger partial charge in [-0.05, 0) is 44.7 Å². The second kappa shape index (κ2) is 9.92. The first-order valence-electron chi connectivity index (χ1n) is 7.81. The summed E-state index contributed by atoms with van der Waals surface area (Å²) in [6, 6.07) is 8.96. The van der Waals surface area contributed by atoms with Gasteiger partial charge in [-0.3, -0.25) is 4.90 Å². The molecular formula is C17H31N3. The zero-order valence-electron chi connectivity index (χ0n) is 13.7. The molecule has 0 amide bonds. The van der Waals surface area contributed by atoms with Gasteiger partial charge in [0, 0.05) is 26.2 Å². The molecule has 0 aliphatic heterocycles. The average molecular weight is 277 g/mol. The zero-order valence-corrected chi connectivity index (χ0v) is 13.7. The van der Waals surface area contributed by atoms with Gasteiger partial charge in [-0.15, -0.1) is 0 Å². The molecule has 1 aromatic rings. The highest BCUT2D eigenvalue weighted by atomic mass is 15.2. The number of hydrogen-bond donors (Lipinski definition) is 1. The molecule has 1 N–H and O–H groups in total. The summed E-state index contributed by atoms with van der Waals surface area (Å²) in [6.45, 7) is 10.9. The summed E-state index contributed by atoms with van der Waals surface area (Å²) >= 11 is 0. The Balaban J connectivity index is 2.57. The lowest BCUT2D eigenvalue weighted by molar-refractivity contribution is 0.234. The van der Waals surface area contributed by atoms with Crippen LogP contribution < -0.4 is 5.32 Å². The van der Waals surface area contributed by atoms with Gasteiger partial charge in [0.25, 0.3) is 0 Å². The highest BCUT2D eigenvalue weighted by Crippen LogP contribution is 2.09. The van der Waals surface area contributed by atoms with Crippen LogP contribution in [0, 0.1) is 0 Å². The van der Waals surface area contributed by atoms with Gasteiger partial charge in [0.1, 0.15) is 0 Å². The molecule has 3 nitrogen and oxygen atoms in total. The Morgan fingerprint density at radius 3 is 2.40 bits per heavy atom. The zero-order chi connectivity index (χ0) is 14.8. The minimum Gasteiger partial charge on any atom is -0.313 e. The predicted molar refractivity (Wildman–Crippen MR) is 87.9 cm³/mol. The van der Waals surface area contributed by atoms with Crippen LogP contribution in [-0.4, -0.2) is 50.1 Å². The second-order valence-electron chi connectivity index (χ2n) is 5.68. The van der Waals surface area contributed by atoms with Crippen molar-refractivity contribution in [1.29, 1.82) is 0 Å². The first-order valence-corrected chi connectivity index (χ1v) is 7.81. The molecule has 0 aromatic heterocycles. The van der Waals surface area contributed by atoms with Crippen LogP contribution in [0.25, 0.3) is 0 Å². The van der Waals surface area contributed by atoms with Crippen LogP contribution >= 0.6 is 0 Å². The van der Waals surface area contributed by atoms with Crippen LogP contribution in [0.2, 0.25) is 0 Å². The maximum atomic E-state index is 3.39. The highest BCUT2D eigenvalue weighted by Gasteiger charge is 2.06. The number of likely N-dealkylation sites (N-methyl/N-ethyl adjacent to an activating group) is 1.